The minimum absolute atomic E-state index is 0.0473. The van der Waals surface area contributed by atoms with Gasteiger partial charge in [-0.25, -0.2) is 8.42 Å². The fourth-order valence-corrected chi connectivity index (χ4v) is 4.37. The molecular formula is C14H17F3O2S. The van der Waals surface area contributed by atoms with Crippen LogP contribution in [0.5, 0.6) is 0 Å². The van der Waals surface area contributed by atoms with Crippen molar-refractivity contribution >= 4 is 9.84 Å². The second kappa shape index (κ2) is 5.76. The lowest BCUT2D eigenvalue weighted by Crippen LogP contribution is -2.19. The summed E-state index contributed by atoms with van der Waals surface area (Å²) in [7, 11) is -3.64. The molecule has 1 saturated carbocycles. The number of hydrogen-bond acceptors (Lipinski definition) is 2. The van der Waals surface area contributed by atoms with Gasteiger partial charge in [-0.3, -0.25) is 0 Å². The van der Waals surface area contributed by atoms with Gasteiger partial charge in [0.25, 0.3) is 0 Å². The van der Waals surface area contributed by atoms with E-state index in [2.05, 4.69) is 0 Å². The molecule has 1 aliphatic carbocycles. The first-order valence-corrected chi connectivity index (χ1v) is 8.34. The van der Waals surface area contributed by atoms with Crippen molar-refractivity contribution in [3.05, 3.63) is 29.8 Å². The Bertz CT molecular complexity index is 558. The number of hydrogen-bond donors (Lipinski definition) is 0. The lowest BCUT2D eigenvalue weighted by molar-refractivity contribution is -0.137. The van der Waals surface area contributed by atoms with Crippen molar-refractivity contribution in [2.75, 3.05) is 5.75 Å². The van der Waals surface area contributed by atoms with Gasteiger partial charge in [0.15, 0.2) is 9.84 Å². The Morgan fingerprint density at radius 3 is 2.35 bits per heavy atom. The Balaban J connectivity index is 2.20. The second-order valence-electron chi connectivity index (χ2n) is 5.31. The van der Waals surface area contributed by atoms with Gasteiger partial charge in [-0.05, 0) is 37.0 Å². The summed E-state index contributed by atoms with van der Waals surface area (Å²) in [5.74, 6) is 0.0252. The van der Waals surface area contributed by atoms with Crippen molar-refractivity contribution in [2.24, 2.45) is 5.92 Å². The van der Waals surface area contributed by atoms with Crippen LogP contribution in [-0.4, -0.2) is 14.2 Å². The molecule has 0 aromatic heterocycles. The molecule has 6 heteroatoms. The van der Waals surface area contributed by atoms with Crippen LogP contribution in [0.3, 0.4) is 0 Å². The molecule has 20 heavy (non-hydrogen) atoms. The number of sulfone groups is 1. The van der Waals surface area contributed by atoms with E-state index >= 15 is 0 Å². The molecule has 1 aliphatic rings. The molecule has 1 aromatic rings. The highest BCUT2D eigenvalue weighted by atomic mass is 32.2. The maximum absolute atomic E-state index is 12.6. The van der Waals surface area contributed by atoms with Crippen molar-refractivity contribution < 1.29 is 21.6 Å². The van der Waals surface area contributed by atoms with Gasteiger partial charge in [0.1, 0.15) is 0 Å². The van der Waals surface area contributed by atoms with Crippen LogP contribution in [-0.2, 0) is 16.0 Å². The highest BCUT2D eigenvalue weighted by Gasteiger charge is 2.32. The van der Waals surface area contributed by atoms with Gasteiger partial charge in [-0.1, -0.05) is 25.3 Å². The summed E-state index contributed by atoms with van der Waals surface area (Å²) in [6, 6.07) is 4.02. The normalized spacial score (nSPS) is 18.1. The van der Waals surface area contributed by atoms with Crippen molar-refractivity contribution in [1.82, 2.24) is 0 Å². The summed E-state index contributed by atoms with van der Waals surface area (Å²) < 4.78 is 62.3. The van der Waals surface area contributed by atoms with E-state index in [4.69, 9.17) is 0 Å². The number of alkyl halides is 3. The summed E-state index contributed by atoms with van der Waals surface area (Å²) in [6.45, 7) is 0. The quantitative estimate of drug-likeness (QED) is 0.844. The van der Waals surface area contributed by atoms with Crippen LogP contribution < -0.4 is 0 Å². The first kappa shape index (κ1) is 15.4. The lowest BCUT2D eigenvalue weighted by Gasteiger charge is -2.21. The van der Waals surface area contributed by atoms with Crippen LogP contribution in [0.2, 0.25) is 0 Å². The zero-order valence-corrected chi connectivity index (χ0v) is 11.8. The molecule has 2 rings (SSSR count). The summed E-state index contributed by atoms with van der Waals surface area (Å²) in [5.41, 5.74) is -0.915. The lowest BCUT2D eigenvalue weighted by atomic mass is 9.91. The highest BCUT2D eigenvalue weighted by Crippen LogP contribution is 2.32. The standard InChI is InChI=1S/C14H17F3O2S/c15-14(16,17)12-7-4-8-13(9-12)20(18,19)10-11-5-2-1-3-6-11/h4,7-9,11H,1-3,5-6,10H2. The van der Waals surface area contributed by atoms with Crippen LogP contribution in [0.4, 0.5) is 13.2 Å². The van der Waals surface area contributed by atoms with Crippen molar-refractivity contribution in [3.8, 4) is 0 Å². The van der Waals surface area contributed by atoms with Crippen LogP contribution in [0.1, 0.15) is 37.7 Å². The fourth-order valence-electron chi connectivity index (χ4n) is 2.63. The Kier molecular flexibility index (Phi) is 4.42. The first-order valence-electron chi connectivity index (χ1n) is 6.69. The predicted molar refractivity (Wildman–Crippen MR) is 70.1 cm³/mol. The SMILES string of the molecule is O=S(=O)(CC1CCCCC1)c1cccc(C(F)(F)F)c1. The van der Waals surface area contributed by atoms with Gasteiger partial charge in [0.05, 0.1) is 16.2 Å². The molecule has 0 aliphatic heterocycles. The number of halogens is 3. The third-order valence-electron chi connectivity index (χ3n) is 3.70. The zero-order valence-electron chi connectivity index (χ0n) is 11.0. The Hall–Kier alpha value is -1.04. The second-order valence-corrected chi connectivity index (χ2v) is 7.35. The van der Waals surface area contributed by atoms with Crippen molar-refractivity contribution in [1.29, 1.82) is 0 Å². The summed E-state index contributed by atoms with van der Waals surface area (Å²) in [6.07, 6.45) is 0.290. The fraction of sp³-hybridized carbons (Fsp3) is 0.571. The number of benzene rings is 1. The zero-order chi connectivity index (χ0) is 14.8. The molecule has 0 bridgehead atoms. The van der Waals surface area contributed by atoms with Gasteiger partial charge in [0, 0.05) is 0 Å². The summed E-state index contributed by atoms with van der Waals surface area (Å²) in [4.78, 5) is -0.224. The van der Waals surface area contributed by atoms with Crippen molar-refractivity contribution in [2.45, 2.75) is 43.2 Å². The monoisotopic (exact) mass is 306 g/mol. The molecule has 1 aromatic carbocycles. The largest absolute Gasteiger partial charge is 0.416 e. The maximum Gasteiger partial charge on any atom is 0.416 e. The molecule has 0 spiro atoms. The minimum Gasteiger partial charge on any atom is -0.224 e. The number of rotatable bonds is 3. The van der Waals surface area contributed by atoms with Gasteiger partial charge in [-0.15, -0.1) is 0 Å². The Morgan fingerprint density at radius 2 is 1.75 bits per heavy atom. The van der Waals surface area contributed by atoms with Crippen LogP contribution in [0, 0.1) is 5.92 Å². The third kappa shape index (κ3) is 3.75. The molecule has 1 fully saturated rings. The van der Waals surface area contributed by atoms with Gasteiger partial charge >= 0.3 is 6.18 Å². The maximum atomic E-state index is 12.6. The third-order valence-corrected chi connectivity index (χ3v) is 5.58. The van der Waals surface area contributed by atoms with Crippen molar-refractivity contribution in [3.63, 3.8) is 0 Å². The van der Waals surface area contributed by atoms with Crippen LogP contribution in [0.25, 0.3) is 0 Å². The Morgan fingerprint density at radius 1 is 1.10 bits per heavy atom. The molecule has 0 heterocycles. The van der Waals surface area contributed by atoms with E-state index < -0.39 is 21.6 Å². The molecule has 2 nitrogen and oxygen atoms in total. The molecular weight excluding hydrogens is 289 g/mol. The average molecular weight is 306 g/mol. The summed E-state index contributed by atoms with van der Waals surface area (Å²) >= 11 is 0. The van der Waals surface area contributed by atoms with Gasteiger partial charge in [-0.2, -0.15) is 13.2 Å². The minimum atomic E-state index is -4.52. The van der Waals surface area contributed by atoms with E-state index in [9.17, 15) is 21.6 Å². The molecule has 0 amide bonds. The molecule has 0 saturated heterocycles. The van der Waals surface area contributed by atoms with E-state index in [1.165, 1.54) is 6.07 Å². The highest BCUT2D eigenvalue weighted by molar-refractivity contribution is 7.91. The van der Waals surface area contributed by atoms with Crippen LogP contribution in [0.15, 0.2) is 29.2 Å². The molecule has 0 radical (unpaired) electrons. The van der Waals surface area contributed by atoms with E-state index in [0.29, 0.717) is 0 Å². The molecule has 0 unspecified atom stereocenters. The van der Waals surface area contributed by atoms with E-state index in [-0.39, 0.29) is 16.6 Å². The van der Waals surface area contributed by atoms with E-state index in [1.807, 2.05) is 0 Å². The van der Waals surface area contributed by atoms with E-state index in [0.717, 1.165) is 50.3 Å². The molecule has 0 N–H and O–H groups in total. The van der Waals surface area contributed by atoms with Gasteiger partial charge in [0.2, 0.25) is 0 Å². The Labute approximate surface area is 116 Å². The first-order chi connectivity index (χ1) is 9.29. The molecule has 112 valence electrons. The van der Waals surface area contributed by atoms with Crippen LogP contribution >= 0.6 is 0 Å². The smallest absolute Gasteiger partial charge is 0.224 e. The average Bonchev–Trinajstić information content (AvgIpc) is 2.38. The molecule has 0 atom stereocenters. The summed E-state index contributed by atoms with van der Waals surface area (Å²) in [5, 5.41) is 0. The topological polar surface area (TPSA) is 34.1 Å². The van der Waals surface area contributed by atoms with E-state index in [1.54, 1.807) is 0 Å². The predicted octanol–water partition coefficient (Wildman–Crippen LogP) is 4.06. The van der Waals surface area contributed by atoms with Gasteiger partial charge < -0.3 is 0 Å².